The second-order valence-corrected chi connectivity index (χ2v) is 4.96. The summed E-state index contributed by atoms with van der Waals surface area (Å²) in [5, 5.41) is 3.61. The number of rotatable bonds is 4. The predicted octanol–water partition coefficient (Wildman–Crippen LogP) is 0.178. The van der Waals surface area contributed by atoms with Crippen molar-refractivity contribution < 1.29 is 4.74 Å². The number of nitrogens with two attached hydrogens (primary N) is 1. The van der Waals surface area contributed by atoms with Crippen LogP contribution in [0.3, 0.4) is 0 Å². The molecule has 16 heavy (non-hydrogen) atoms. The van der Waals surface area contributed by atoms with E-state index in [2.05, 4.69) is 10.2 Å². The van der Waals surface area contributed by atoms with Crippen molar-refractivity contribution in [2.24, 2.45) is 5.73 Å². The first-order chi connectivity index (χ1) is 7.86. The van der Waals surface area contributed by atoms with Gasteiger partial charge in [-0.25, -0.2) is 0 Å². The van der Waals surface area contributed by atoms with Crippen LogP contribution in [0.4, 0.5) is 0 Å². The van der Waals surface area contributed by atoms with Crippen LogP contribution in [0.1, 0.15) is 25.7 Å². The Bertz CT molecular complexity index is 195. The van der Waals surface area contributed by atoms with Crippen LogP contribution in [-0.2, 0) is 4.74 Å². The highest BCUT2D eigenvalue weighted by Gasteiger charge is 2.21. The Kier molecular flexibility index (Phi) is 5.03. The van der Waals surface area contributed by atoms with Crippen molar-refractivity contribution in [2.75, 3.05) is 39.4 Å². The van der Waals surface area contributed by atoms with E-state index in [1.54, 1.807) is 0 Å². The van der Waals surface area contributed by atoms with E-state index in [1.165, 1.54) is 25.7 Å². The molecule has 94 valence electrons. The van der Waals surface area contributed by atoms with Crippen molar-refractivity contribution in [1.82, 2.24) is 10.2 Å². The Morgan fingerprint density at radius 3 is 2.69 bits per heavy atom. The molecule has 1 aliphatic heterocycles. The van der Waals surface area contributed by atoms with Crippen molar-refractivity contribution in [3.63, 3.8) is 0 Å². The van der Waals surface area contributed by atoms with Crippen LogP contribution in [0.2, 0.25) is 0 Å². The first-order valence-electron chi connectivity index (χ1n) is 6.65. The summed E-state index contributed by atoms with van der Waals surface area (Å²) in [5.74, 6) is 0. The number of nitrogens with one attached hydrogen (secondary N) is 1. The molecule has 2 unspecified atom stereocenters. The van der Waals surface area contributed by atoms with E-state index in [4.69, 9.17) is 10.5 Å². The summed E-state index contributed by atoms with van der Waals surface area (Å²) in [7, 11) is 0. The van der Waals surface area contributed by atoms with Gasteiger partial charge in [-0.2, -0.15) is 0 Å². The van der Waals surface area contributed by atoms with Crippen LogP contribution in [-0.4, -0.2) is 56.4 Å². The molecule has 4 nitrogen and oxygen atoms in total. The number of hydrogen-bond donors (Lipinski definition) is 2. The van der Waals surface area contributed by atoms with Crippen LogP contribution >= 0.6 is 0 Å². The highest BCUT2D eigenvalue weighted by Crippen LogP contribution is 2.16. The zero-order valence-corrected chi connectivity index (χ0v) is 10.2. The Balaban J connectivity index is 1.59. The van der Waals surface area contributed by atoms with E-state index in [-0.39, 0.29) is 0 Å². The summed E-state index contributed by atoms with van der Waals surface area (Å²) in [6.45, 7) is 6.15. The van der Waals surface area contributed by atoms with Crippen LogP contribution in [0, 0.1) is 0 Å². The van der Waals surface area contributed by atoms with E-state index in [0.717, 1.165) is 39.4 Å². The Morgan fingerprint density at radius 2 is 1.94 bits per heavy atom. The highest BCUT2D eigenvalue weighted by molar-refractivity contribution is 4.83. The van der Waals surface area contributed by atoms with Gasteiger partial charge in [-0.1, -0.05) is 12.8 Å². The van der Waals surface area contributed by atoms with E-state index in [9.17, 15) is 0 Å². The van der Waals surface area contributed by atoms with Gasteiger partial charge in [0.1, 0.15) is 0 Å². The minimum Gasteiger partial charge on any atom is -0.379 e. The van der Waals surface area contributed by atoms with Crippen molar-refractivity contribution >= 4 is 0 Å². The monoisotopic (exact) mass is 227 g/mol. The maximum atomic E-state index is 6.10. The topological polar surface area (TPSA) is 50.5 Å². The first-order valence-corrected chi connectivity index (χ1v) is 6.65. The van der Waals surface area contributed by atoms with Crippen molar-refractivity contribution in [2.45, 2.75) is 37.8 Å². The molecule has 0 radical (unpaired) electrons. The molecular weight excluding hydrogens is 202 g/mol. The zero-order valence-electron chi connectivity index (χ0n) is 10.2. The number of morpholine rings is 1. The predicted molar refractivity (Wildman–Crippen MR) is 65.5 cm³/mol. The summed E-state index contributed by atoms with van der Waals surface area (Å²) in [6, 6.07) is 0.924. The standard InChI is InChI=1S/C12H25N3O/c13-11-3-1-2-4-12(11)14-5-6-15-7-9-16-10-8-15/h11-12,14H,1-10,13H2. The summed E-state index contributed by atoms with van der Waals surface area (Å²) < 4.78 is 5.33. The largest absolute Gasteiger partial charge is 0.379 e. The smallest absolute Gasteiger partial charge is 0.0594 e. The average Bonchev–Trinajstić information content (AvgIpc) is 2.33. The van der Waals surface area contributed by atoms with Crippen molar-refractivity contribution in [3.8, 4) is 0 Å². The molecule has 0 amide bonds. The third-order valence-electron chi connectivity index (χ3n) is 3.76. The van der Waals surface area contributed by atoms with Crippen molar-refractivity contribution in [1.29, 1.82) is 0 Å². The molecule has 1 heterocycles. The molecule has 0 bridgehead atoms. The molecule has 1 aliphatic carbocycles. The first kappa shape index (κ1) is 12.3. The normalized spacial score (nSPS) is 32.8. The van der Waals surface area contributed by atoms with Gasteiger partial charge in [-0.3, -0.25) is 4.90 Å². The molecule has 2 aliphatic rings. The SMILES string of the molecule is NC1CCCCC1NCCN1CCOCC1. The lowest BCUT2D eigenvalue weighted by atomic mass is 9.91. The van der Waals surface area contributed by atoms with Crippen LogP contribution < -0.4 is 11.1 Å². The maximum absolute atomic E-state index is 6.10. The summed E-state index contributed by atoms with van der Waals surface area (Å²) in [6.07, 6.45) is 5.09. The molecule has 1 saturated heterocycles. The lowest BCUT2D eigenvalue weighted by molar-refractivity contribution is 0.0379. The Morgan fingerprint density at radius 1 is 1.19 bits per heavy atom. The molecule has 2 fully saturated rings. The van der Waals surface area contributed by atoms with Crippen LogP contribution in [0.15, 0.2) is 0 Å². The molecule has 1 saturated carbocycles. The van der Waals surface area contributed by atoms with E-state index in [1.807, 2.05) is 0 Å². The second kappa shape index (κ2) is 6.55. The molecule has 0 aromatic rings. The quantitative estimate of drug-likeness (QED) is 0.719. The van der Waals surface area contributed by atoms with Crippen LogP contribution in [0.5, 0.6) is 0 Å². The molecule has 0 aromatic carbocycles. The third kappa shape index (κ3) is 3.70. The Hall–Kier alpha value is -0.160. The van der Waals surface area contributed by atoms with Crippen LogP contribution in [0.25, 0.3) is 0 Å². The summed E-state index contributed by atoms with van der Waals surface area (Å²) >= 11 is 0. The Labute approximate surface area is 98.5 Å². The fourth-order valence-corrected chi connectivity index (χ4v) is 2.65. The molecule has 3 N–H and O–H groups in total. The fraction of sp³-hybridized carbons (Fsp3) is 1.00. The third-order valence-corrected chi connectivity index (χ3v) is 3.76. The van der Waals surface area contributed by atoms with E-state index >= 15 is 0 Å². The van der Waals surface area contributed by atoms with E-state index in [0.29, 0.717) is 12.1 Å². The zero-order chi connectivity index (χ0) is 11.2. The number of hydrogen-bond acceptors (Lipinski definition) is 4. The molecule has 2 atom stereocenters. The number of ether oxygens (including phenoxy) is 1. The van der Waals surface area contributed by atoms with Crippen molar-refractivity contribution in [3.05, 3.63) is 0 Å². The maximum Gasteiger partial charge on any atom is 0.0594 e. The second-order valence-electron chi connectivity index (χ2n) is 4.96. The average molecular weight is 227 g/mol. The lowest BCUT2D eigenvalue weighted by Crippen LogP contribution is -2.49. The fourth-order valence-electron chi connectivity index (χ4n) is 2.65. The molecule has 0 spiro atoms. The van der Waals surface area contributed by atoms with Gasteiger partial charge in [0.25, 0.3) is 0 Å². The lowest BCUT2D eigenvalue weighted by Gasteiger charge is -2.31. The van der Waals surface area contributed by atoms with Gasteiger partial charge in [0.05, 0.1) is 13.2 Å². The summed E-state index contributed by atoms with van der Waals surface area (Å²) in [5.41, 5.74) is 6.10. The van der Waals surface area contributed by atoms with Gasteiger partial charge in [0, 0.05) is 38.3 Å². The molecule has 0 aromatic heterocycles. The summed E-state index contributed by atoms with van der Waals surface area (Å²) in [4.78, 5) is 2.46. The van der Waals surface area contributed by atoms with Gasteiger partial charge in [-0.05, 0) is 12.8 Å². The van der Waals surface area contributed by atoms with Gasteiger partial charge in [-0.15, -0.1) is 0 Å². The minimum absolute atomic E-state index is 0.374. The molecular formula is C12H25N3O. The van der Waals surface area contributed by atoms with E-state index < -0.39 is 0 Å². The van der Waals surface area contributed by atoms with Gasteiger partial charge < -0.3 is 15.8 Å². The molecule has 2 rings (SSSR count). The number of nitrogens with zero attached hydrogens (tertiary/aromatic N) is 1. The van der Waals surface area contributed by atoms with Gasteiger partial charge in [0.15, 0.2) is 0 Å². The van der Waals surface area contributed by atoms with Gasteiger partial charge >= 0.3 is 0 Å². The molecule has 4 heteroatoms. The highest BCUT2D eigenvalue weighted by atomic mass is 16.5. The minimum atomic E-state index is 0.374. The van der Waals surface area contributed by atoms with Gasteiger partial charge in [0.2, 0.25) is 0 Å².